The maximum Gasteiger partial charge on any atom is 1.00 e. The zero-order valence-electron chi connectivity index (χ0n) is 18.5. The second-order valence-electron chi connectivity index (χ2n) is 7.04. The van der Waals surface area contributed by atoms with Gasteiger partial charge in [-0.1, -0.05) is 103 Å². The maximum absolute atomic E-state index is 11.4. The number of hydrogen-bond acceptors (Lipinski definition) is 3. The van der Waals surface area contributed by atoms with Crippen LogP contribution < -0.4 is 29.6 Å². The first kappa shape index (κ1) is 28.1. The van der Waals surface area contributed by atoms with Crippen molar-refractivity contribution >= 4 is 11.9 Å². The molecule has 0 atom stereocenters. The Kier molecular flexibility index (Phi) is 24.8. The number of carbonyl (C=O) groups excluding carboxylic acids is 2. The van der Waals surface area contributed by atoms with Gasteiger partial charge in [0.25, 0.3) is 0 Å². The standard InChI is InChI=1S/C22H40O3.Na.H/c1-3-5-6-7-8-9-10-11-12-13-14-15-16-17-18-20-22(24)25-21(23)19-4-2;;/h4H,2-3,5-20H2,1H3;;/q;+1;-1. The molecule has 0 aliphatic rings. The van der Waals surface area contributed by atoms with Crippen LogP contribution >= 0.6 is 0 Å². The van der Waals surface area contributed by atoms with Crippen molar-refractivity contribution in [3.63, 3.8) is 0 Å². The maximum atomic E-state index is 11.4. The fraction of sp³-hybridized carbons (Fsp3) is 0.818. The van der Waals surface area contributed by atoms with Gasteiger partial charge in [0.15, 0.2) is 0 Å². The first-order chi connectivity index (χ1) is 12.2. The Morgan fingerprint density at radius 1 is 0.731 bits per heavy atom. The summed E-state index contributed by atoms with van der Waals surface area (Å²) in [4.78, 5) is 22.5. The predicted molar refractivity (Wildman–Crippen MR) is 107 cm³/mol. The summed E-state index contributed by atoms with van der Waals surface area (Å²) in [6, 6.07) is 0. The topological polar surface area (TPSA) is 43.4 Å². The number of carbonyl (C=O) groups is 2. The molecule has 0 radical (unpaired) electrons. The van der Waals surface area contributed by atoms with Crippen LogP contribution in [0, 0.1) is 0 Å². The summed E-state index contributed by atoms with van der Waals surface area (Å²) >= 11 is 0. The normalized spacial score (nSPS) is 10.2. The second kappa shape index (κ2) is 22.9. The van der Waals surface area contributed by atoms with Crippen molar-refractivity contribution < 1.29 is 45.3 Å². The van der Waals surface area contributed by atoms with Gasteiger partial charge in [-0.2, -0.15) is 0 Å². The van der Waals surface area contributed by atoms with Crippen molar-refractivity contribution in [3.8, 4) is 0 Å². The third-order valence-corrected chi connectivity index (χ3v) is 4.52. The van der Waals surface area contributed by atoms with E-state index < -0.39 is 11.9 Å². The third kappa shape index (κ3) is 21.9. The summed E-state index contributed by atoms with van der Waals surface area (Å²) < 4.78 is 4.66. The molecule has 0 aromatic heterocycles. The van der Waals surface area contributed by atoms with E-state index in [-0.39, 0.29) is 37.4 Å². The molecule has 0 aromatic rings. The molecule has 0 amide bonds. The van der Waals surface area contributed by atoms with E-state index in [0.717, 1.165) is 12.8 Å². The molecule has 0 aliphatic carbocycles. The van der Waals surface area contributed by atoms with Gasteiger partial charge >= 0.3 is 41.5 Å². The SMILES string of the molecule is C=CCC(=O)OC(=O)CCCCCCCCCCCCCCCCC.[H-].[Na+]. The number of ether oxygens (including phenoxy) is 1. The van der Waals surface area contributed by atoms with Crippen molar-refractivity contribution in [1.29, 1.82) is 0 Å². The minimum atomic E-state index is -0.499. The average molecular weight is 377 g/mol. The molecule has 4 heteroatoms. The van der Waals surface area contributed by atoms with Gasteiger partial charge in [0, 0.05) is 6.42 Å². The summed E-state index contributed by atoms with van der Waals surface area (Å²) in [6.45, 7) is 5.71. The Morgan fingerprint density at radius 2 is 1.12 bits per heavy atom. The third-order valence-electron chi connectivity index (χ3n) is 4.52. The largest absolute Gasteiger partial charge is 1.00 e. The van der Waals surface area contributed by atoms with E-state index in [2.05, 4.69) is 18.2 Å². The molecule has 3 nitrogen and oxygen atoms in total. The average Bonchev–Trinajstić information content (AvgIpc) is 2.58. The van der Waals surface area contributed by atoms with Crippen molar-refractivity contribution in [2.75, 3.05) is 0 Å². The van der Waals surface area contributed by atoms with Crippen LogP contribution in [-0.4, -0.2) is 11.9 Å². The molecular formula is C22H41NaO3. The molecule has 0 unspecified atom stereocenters. The monoisotopic (exact) mass is 376 g/mol. The zero-order valence-corrected chi connectivity index (χ0v) is 19.5. The molecule has 0 saturated carbocycles. The minimum absolute atomic E-state index is 0. The number of unbranched alkanes of at least 4 members (excludes halogenated alkanes) is 14. The zero-order chi connectivity index (χ0) is 18.6. The molecule has 0 fully saturated rings. The molecule has 26 heavy (non-hydrogen) atoms. The van der Waals surface area contributed by atoms with Gasteiger partial charge in [-0.25, -0.2) is 0 Å². The Morgan fingerprint density at radius 3 is 1.50 bits per heavy atom. The Labute approximate surface area is 185 Å². The number of esters is 2. The Bertz CT molecular complexity index is 348. The molecule has 0 N–H and O–H groups in total. The molecular weight excluding hydrogens is 335 g/mol. The summed E-state index contributed by atoms with van der Waals surface area (Å²) in [5, 5.41) is 0. The van der Waals surface area contributed by atoms with E-state index in [1.54, 1.807) is 0 Å². The first-order valence-corrected chi connectivity index (χ1v) is 10.5. The molecule has 148 valence electrons. The van der Waals surface area contributed by atoms with E-state index in [1.165, 1.54) is 89.5 Å². The van der Waals surface area contributed by atoms with Gasteiger partial charge in [0.05, 0.1) is 6.42 Å². The van der Waals surface area contributed by atoms with Crippen LogP contribution in [0.25, 0.3) is 0 Å². The number of hydrogen-bond donors (Lipinski definition) is 0. The fourth-order valence-corrected chi connectivity index (χ4v) is 2.98. The van der Waals surface area contributed by atoms with E-state index >= 15 is 0 Å². The van der Waals surface area contributed by atoms with Crippen LogP contribution in [0.2, 0.25) is 0 Å². The van der Waals surface area contributed by atoms with Crippen molar-refractivity contribution in [3.05, 3.63) is 12.7 Å². The molecule has 0 spiro atoms. The minimum Gasteiger partial charge on any atom is -1.00 e. The van der Waals surface area contributed by atoms with Gasteiger partial charge in [-0.3, -0.25) is 9.59 Å². The van der Waals surface area contributed by atoms with Gasteiger partial charge in [-0.15, -0.1) is 6.58 Å². The molecule has 0 bridgehead atoms. The van der Waals surface area contributed by atoms with Crippen LogP contribution in [0.15, 0.2) is 12.7 Å². The Hall–Kier alpha value is -0.120. The van der Waals surface area contributed by atoms with Crippen LogP contribution in [0.5, 0.6) is 0 Å². The molecule has 0 aliphatic heterocycles. The van der Waals surface area contributed by atoms with Gasteiger partial charge in [-0.05, 0) is 6.42 Å². The second-order valence-corrected chi connectivity index (χ2v) is 7.04. The first-order valence-electron chi connectivity index (χ1n) is 10.5. The fourth-order valence-electron chi connectivity index (χ4n) is 2.98. The smallest absolute Gasteiger partial charge is 1.00 e. The summed E-state index contributed by atoms with van der Waals surface area (Å²) in [6.07, 6.45) is 21.4. The quantitative estimate of drug-likeness (QED) is 0.119. The predicted octanol–water partition coefficient (Wildman–Crippen LogP) is 4.01. The molecule has 0 aromatic carbocycles. The van der Waals surface area contributed by atoms with Crippen LogP contribution in [0.1, 0.15) is 118 Å². The molecule has 0 rings (SSSR count). The van der Waals surface area contributed by atoms with E-state index in [4.69, 9.17) is 0 Å². The van der Waals surface area contributed by atoms with Crippen LogP contribution in [-0.2, 0) is 14.3 Å². The van der Waals surface area contributed by atoms with Crippen LogP contribution in [0.3, 0.4) is 0 Å². The van der Waals surface area contributed by atoms with Gasteiger partial charge in [0.2, 0.25) is 0 Å². The molecule has 0 saturated heterocycles. The van der Waals surface area contributed by atoms with Gasteiger partial charge in [0.1, 0.15) is 0 Å². The Balaban J connectivity index is -0.00000288. The summed E-state index contributed by atoms with van der Waals surface area (Å²) in [5.41, 5.74) is 0. The van der Waals surface area contributed by atoms with E-state index in [9.17, 15) is 9.59 Å². The van der Waals surface area contributed by atoms with E-state index in [0.29, 0.717) is 6.42 Å². The van der Waals surface area contributed by atoms with Gasteiger partial charge < -0.3 is 6.16 Å². The van der Waals surface area contributed by atoms with Crippen LogP contribution in [0.4, 0.5) is 0 Å². The van der Waals surface area contributed by atoms with Crippen molar-refractivity contribution in [1.82, 2.24) is 0 Å². The van der Waals surface area contributed by atoms with Crippen molar-refractivity contribution in [2.45, 2.75) is 116 Å². The van der Waals surface area contributed by atoms with Crippen molar-refractivity contribution in [2.24, 2.45) is 0 Å². The number of rotatable bonds is 18. The molecule has 0 heterocycles. The van der Waals surface area contributed by atoms with E-state index in [1.807, 2.05) is 0 Å². The summed E-state index contributed by atoms with van der Waals surface area (Å²) in [7, 11) is 0. The summed E-state index contributed by atoms with van der Waals surface area (Å²) in [5.74, 6) is -0.900.